The molecule has 0 spiro atoms. The zero-order chi connectivity index (χ0) is 19.9. The monoisotopic (exact) mass is 404 g/mol. The molecule has 8 heteroatoms. The van der Waals surface area contributed by atoms with Gasteiger partial charge in [-0.1, -0.05) is 13.0 Å². The van der Waals surface area contributed by atoms with Gasteiger partial charge in [-0.25, -0.2) is 13.8 Å². The summed E-state index contributed by atoms with van der Waals surface area (Å²) in [7, 11) is 0. The lowest BCUT2D eigenvalue weighted by Gasteiger charge is -2.36. The van der Waals surface area contributed by atoms with E-state index in [1.165, 1.54) is 11.3 Å². The molecule has 5 nitrogen and oxygen atoms in total. The summed E-state index contributed by atoms with van der Waals surface area (Å²) < 4.78 is 30.4. The van der Waals surface area contributed by atoms with Gasteiger partial charge in [0.1, 0.15) is 11.7 Å². The Morgan fingerprint density at radius 3 is 3.04 bits per heavy atom. The number of aryl methyl sites for hydroxylation is 1. The molecule has 0 aromatic carbocycles. The van der Waals surface area contributed by atoms with Gasteiger partial charge in [0.2, 0.25) is 0 Å². The van der Waals surface area contributed by atoms with Crippen LogP contribution in [0.4, 0.5) is 8.78 Å². The molecular formula is C20H22F2N4OS. The minimum atomic E-state index is -2.98. The third kappa shape index (κ3) is 3.31. The lowest BCUT2D eigenvalue weighted by Crippen LogP contribution is -2.59. The van der Waals surface area contributed by atoms with Crippen LogP contribution in [0.15, 0.2) is 36.7 Å². The maximum absolute atomic E-state index is 14.2. The molecule has 4 rings (SSSR count). The van der Waals surface area contributed by atoms with Crippen LogP contribution in [0.25, 0.3) is 16.9 Å². The van der Waals surface area contributed by atoms with E-state index in [9.17, 15) is 13.6 Å². The first kappa shape index (κ1) is 19.0. The van der Waals surface area contributed by atoms with Gasteiger partial charge in [-0.15, -0.1) is 11.3 Å². The van der Waals surface area contributed by atoms with E-state index in [2.05, 4.69) is 10.3 Å². The number of rotatable bonds is 4. The topological polar surface area (TPSA) is 72.4 Å². The van der Waals surface area contributed by atoms with E-state index in [-0.39, 0.29) is 6.42 Å². The van der Waals surface area contributed by atoms with Crippen LogP contribution in [0, 0.1) is 0 Å². The fourth-order valence-electron chi connectivity index (χ4n) is 3.79. The van der Waals surface area contributed by atoms with Gasteiger partial charge in [-0.2, -0.15) is 0 Å². The number of alkyl halides is 2. The number of carbonyl (C=O) groups is 1. The molecule has 0 saturated heterocycles. The average Bonchev–Trinajstić information content (AvgIpc) is 3.28. The van der Waals surface area contributed by atoms with Gasteiger partial charge >= 0.3 is 0 Å². The Kier molecular flexibility index (Phi) is 4.93. The molecule has 1 aliphatic rings. The van der Waals surface area contributed by atoms with Gasteiger partial charge in [0, 0.05) is 29.1 Å². The van der Waals surface area contributed by atoms with E-state index in [4.69, 9.17) is 5.73 Å². The lowest BCUT2D eigenvalue weighted by atomic mass is 9.87. The van der Waals surface area contributed by atoms with E-state index in [0.717, 1.165) is 28.2 Å². The van der Waals surface area contributed by atoms with Crippen molar-refractivity contribution >= 4 is 22.9 Å². The molecule has 1 saturated carbocycles. The Bertz CT molecular complexity index is 1010. The number of thiophene rings is 1. The quantitative estimate of drug-likeness (QED) is 0.693. The molecule has 3 N–H and O–H groups in total. The van der Waals surface area contributed by atoms with Crippen molar-refractivity contribution in [3.05, 3.63) is 46.4 Å². The van der Waals surface area contributed by atoms with Crippen LogP contribution in [0.2, 0.25) is 0 Å². The normalized spacial score (nSPS) is 21.7. The number of amides is 1. The van der Waals surface area contributed by atoms with Crippen LogP contribution in [0.1, 0.15) is 40.7 Å². The zero-order valence-corrected chi connectivity index (χ0v) is 16.3. The van der Waals surface area contributed by atoms with Crippen molar-refractivity contribution in [2.24, 2.45) is 5.73 Å². The molecular weight excluding hydrogens is 382 g/mol. The Hall–Kier alpha value is -2.32. The summed E-state index contributed by atoms with van der Waals surface area (Å²) in [6, 6.07) is 5.42. The van der Waals surface area contributed by atoms with Crippen LogP contribution >= 0.6 is 11.3 Å². The lowest BCUT2D eigenvalue weighted by molar-refractivity contribution is -0.0674. The highest BCUT2D eigenvalue weighted by Gasteiger charge is 2.46. The molecule has 1 aliphatic carbocycles. The summed E-state index contributed by atoms with van der Waals surface area (Å²) in [5.41, 5.74) is 8.46. The van der Waals surface area contributed by atoms with Gasteiger partial charge in [-0.05, 0) is 37.5 Å². The SMILES string of the molecule is CCc1sc(C(=O)N[C@@H]2[C@H](N)CCCC2(F)F)cc1-c1cnc2ccccn12. The van der Waals surface area contributed by atoms with Gasteiger partial charge < -0.3 is 11.1 Å². The maximum Gasteiger partial charge on any atom is 0.269 e. The molecule has 2 atom stereocenters. The number of hydrogen-bond donors (Lipinski definition) is 2. The zero-order valence-electron chi connectivity index (χ0n) is 15.5. The smallest absolute Gasteiger partial charge is 0.269 e. The van der Waals surface area contributed by atoms with Crippen molar-refractivity contribution in [1.29, 1.82) is 0 Å². The largest absolute Gasteiger partial charge is 0.341 e. The summed E-state index contributed by atoms with van der Waals surface area (Å²) in [6.07, 6.45) is 5.02. The van der Waals surface area contributed by atoms with Gasteiger partial charge in [0.05, 0.1) is 16.8 Å². The van der Waals surface area contributed by atoms with Crippen molar-refractivity contribution in [3.8, 4) is 11.3 Å². The fourth-order valence-corrected chi connectivity index (χ4v) is 4.80. The molecule has 1 fully saturated rings. The summed E-state index contributed by atoms with van der Waals surface area (Å²) >= 11 is 1.33. The summed E-state index contributed by atoms with van der Waals surface area (Å²) in [4.78, 5) is 18.6. The average molecular weight is 404 g/mol. The number of aromatic nitrogens is 2. The van der Waals surface area contributed by atoms with E-state index in [1.54, 1.807) is 12.3 Å². The molecule has 1 amide bonds. The first-order valence-corrected chi connectivity index (χ1v) is 10.2. The molecule has 0 bridgehead atoms. The van der Waals surface area contributed by atoms with Crippen LogP contribution in [0.3, 0.4) is 0 Å². The third-order valence-electron chi connectivity index (χ3n) is 5.26. The highest BCUT2D eigenvalue weighted by Crippen LogP contribution is 2.35. The van der Waals surface area contributed by atoms with Gasteiger partial charge in [-0.3, -0.25) is 9.20 Å². The number of nitrogens with one attached hydrogen (secondary N) is 1. The fraction of sp³-hybridized carbons (Fsp3) is 0.400. The number of halogens is 2. The van der Waals surface area contributed by atoms with Gasteiger partial charge in [0.15, 0.2) is 0 Å². The van der Waals surface area contributed by atoms with Crippen molar-refractivity contribution in [2.45, 2.75) is 50.6 Å². The Morgan fingerprint density at radius 1 is 1.46 bits per heavy atom. The molecule has 0 radical (unpaired) electrons. The molecule has 148 valence electrons. The number of nitrogens with zero attached hydrogens (tertiary/aromatic N) is 2. The van der Waals surface area contributed by atoms with Gasteiger partial charge in [0.25, 0.3) is 11.8 Å². The predicted octanol–water partition coefficient (Wildman–Crippen LogP) is 3.87. The Labute approximate surface area is 165 Å². The van der Waals surface area contributed by atoms with Crippen molar-refractivity contribution in [3.63, 3.8) is 0 Å². The number of imidazole rings is 1. The number of nitrogens with two attached hydrogens (primary N) is 1. The van der Waals surface area contributed by atoms with Crippen LogP contribution in [-0.4, -0.2) is 33.3 Å². The predicted molar refractivity (Wildman–Crippen MR) is 106 cm³/mol. The second-order valence-corrected chi connectivity index (χ2v) is 8.28. The molecule has 0 unspecified atom stereocenters. The second kappa shape index (κ2) is 7.25. The number of hydrogen-bond acceptors (Lipinski definition) is 4. The van der Waals surface area contributed by atoms with Crippen molar-refractivity contribution < 1.29 is 13.6 Å². The highest BCUT2D eigenvalue weighted by atomic mass is 32.1. The summed E-state index contributed by atoms with van der Waals surface area (Å²) in [5.74, 6) is -3.48. The first-order valence-electron chi connectivity index (χ1n) is 9.40. The highest BCUT2D eigenvalue weighted by molar-refractivity contribution is 7.14. The minimum Gasteiger partial charge on any atom is -0.341 e. The second-order valence-electron chi connectivity index (χ2n) is 7.14. The van der Waals surface area contributed by atoms with Crippen molar-refractivity contribution in [2.75, 3.05) is 0 Å². The number of pyridine rings is 1. The molecule has 3 heterocycles. The van der Waals surface area contributed by atoms with E-state index in [1.807, 2.05) is 35.7 Å². The molecule has 3 aromatic rings. The van der Waals surface area contributed by atoms with E-state index < -0.39 is 23.9 Å². The third-order valence-corrected chi connectivity index (χ3v) is 6.54. The first-order chi connectivity index (χ1) is 13.4. The maximum atomic E-state index is 14.2. The Morgan fingerprint density at radius 2 is 2.29 bits per heavy atom. The van der Waals surface area contributed by atoms with Crippen LogP contribution in [-0.2, 0) is 6.42 Å². The van der Waals surface area contributed by atoms with Crippen LogP contribution in [0.5, 0.6) is 0 Å². The summed E-state index contributed by atoms with van der Waals surface area (Å²) in [6.45, 7) is 2.01. The standard InChI is InChI=1S/C20H22F2N4OS/c1-2-15-12(14-11-24-17-7-3-4-9-26(14)17)10-16(28-15)19(27)25-18-13(23)6-5-8-20(18,21)22/h3-4,7,9-11,13,18H,2,5-6,8,23H2,1H3,(H,25,27)/t13-,18-/m1/s1. The number of fused-ring (bicyclic) bond motifs is 1. The Balaban J connectivity index is 1.65. The van der Waals surface area contributed by atoms with Crippen molar-refractivity contribution in [1.82, 2.24) is 14.7 Å². The molecule has 3 aromatic heterocycles. The molecule has 28 heavy (non-hydrogen) atoms. The van der Waals surface area contributed by atoms with E-state index in [0.29, 0.717) is 17.7 Å². The van der Waals surface area contributed by atoms with E-state index >= 15 is 0 Å². The molecule has 0 aliphatic heterocycles. The summed E-state index contributed by atoms with van der Waals surface area (Å²) in [5, 5.41) is 2.50. The number of carbonyl (C=O) groups excluding carboxylic acids is 1. The van der Waals surface area contributed by atoms with Crippen LogP contribution < -0.4 is 11.1 Å². The minimum absolute atomic E-state index is 0.247.